The van der Waals surface area contributed by atoms with Gasteiger partial charge in [0.2, 0.25) is 0 Å². The fourth-order valence-corrected chi connectivity index (χ4v) is 4.09. The minimum atomic E-state index is -0.172. The molecule has 24 heavy (non-hydrogen) atoms. The van der Waals surface area contributed by atoms with E-state index < -0.39 is 0 Å². The summed E-state index contributed by atoms with van der Waals surface area (Å²) in [5, 5.41) is 3.71. The van der Waals surface area contributed by atoms with Crippen LogP contribution in [-0.4, -0.2) is 11.2 Å². The first-order valence-electron chi connectivity index (χ1n) is 8.04. The number of benzene rings is 1. The fourth-order valence-electron chi connectivity index (χ4n) is 2.82. The van der Waals surface area contributed by atoms with Gasteiger partial charge >= 0.3 is 0 Å². The first kappa shape index (κ1) is 18.9. The highest BCUT2D eigenvalue weighted by atomic mass is 35.5. The smallest absolute Gasteiger partial charge is 0.258 e. The van der Waals surface area contributed by atoms with E-state index in [-0.39, 0.29) is 18.3 Å². The Hall–Kier alpha value is -1.43. The van der Waals surface area contributed by atoms with Crippen LogP contribution in [0.15, 0.2) is 41.0 Å². The number of carbonyl (C=O) groups is 1. The van der Waals surface area contributed by atoms with Crippen LogP contribution in [-0.2, 0) is 12.3 Å². The molecule has 1 heterocycles. The molecule has 130 valence electrons. The van der Waals surface area contributed by atoms with E-state index in [1.165, 1.54) is 37.5 Å². The highest BCUT2D eigenvalue weighted by Gasteiger charge is 2.15. The van der Waals surface area contributed by atoms with Crippen molar-refractivity contribution in [2.75, 3.05) is 5.32 Å². The van der Waals surface area contributed by atoms with E-state index in [9.17, 15) is 4.79 Å². The maximum atomic E-state index is 12.2. The Balaban J connectivity index is 0.00000208. The summed E-state index contributed by atoms with van der Waals surface area (Å²) in [6.07, 6.45) is 6.85. The van der Waals surface area contributed by atoms with Gasteiger partial charge < -0.3 is 15.5 Å². The van der Waals surface area contributed by atoms with Crippen LogP contribution < -0.4 is 11.1 Å². The molecular weight excluding hydrogens is 344 g/mol. The zero-order valence-electron chi connectivity index (χ0n) is 13.5. The third kappa shape index (κ3) is 5.03. The second-order valence-electron chi connectivity index (χ2n) is 5.88. The molecule has 1 aliphatic rings. The van der Waals surface area contributed by atoms with Gasteiger partial charge in [0, 0.05) is 16.7 Å². The second-order valence-corrected chi connectivity index (χ2v) is 7.17. The van der Waals surface area contributed by atoms with Gasteiger partial charge in [0.1, 0.15) is 12.0 Å². The van der Waals surface area contributed by atoms with E-state index in [1.807, 2.05) is 30.0 Å². The molecule has 3 N–H and O–H groups in total. The molecule has 6 heteroatoms. The Morgan fingerprint density at radius 2 is 2.08 bits per heavy atom. The molecule has 4 nitrogen and oxygen atoms in total. The lowest BCUT2D eigenvalue weighted by atomic mass is 10.2. The summed E-state index contributed by atoms with van der Waals surface area (Å²) in [7, 11) is 0. The Morgan fingerprint density at radius 3 is 2.79 bits per heavy atom. The average molecular weight is 367 g/mol. The zero-order valence-corrected chi connectivity index (χ0v) is 15.1. The van der Waals surface area contributed by atoms with Crippen molar-refractivity contribution in [2.45, 2.75) is 43.2 Å². The molecule has 1 amide bonds. The fraction of sp³-hybridized carbons (Fsp3) is 0.389. The van der Waals surface area contributed by atoms with Crippen molar-refractivity contribution in [3.05, 3.63) is 53.5 Å². The molecule has 0 unspecified atom stereocenters. The maximum absolute atomic E-state index is 12.2. The number of carbonyl (C=O) groups excluding carboxylic acids is 1. The molecule has 3 rings (SSSR count). The van der Waals surface area contributed by atoms with E-state index in [2.05, 4.69) is 11.4 Å². The summed E-state index contributed by atoms with van der Waals surface area (Å²) in [6.45, 7) is 0.293. The number of thioether (sulfide) groups is 1. The number of nitrogens with one attached hydrogen (secondary N) is 1. The first-order valence-corrected chi connectivity index (χ1v) is 9.09. The van der Waals surface area contributed by atoms with E-state index in [0.717, 1.165) is 16.7 Å². The van der Waals surface area contributed by atoms with Gasteiger partial charge in [-0.25, -0.2) is 0 Å². The average Bonchev–Trinajstić information content (AvgIpc) is 3.25. The van der Waals surface area contributed by atoms with Crippen LogP contribution in [0.3, 0.4) is 0 Å². The molecule has 1 fully saturated rings. The number of rotatable bonds is 6. The number of hydrogen-bond donors (Lipinski definition) is 2. The van der Waals surface area contributed by atoms with E-state index in [4.69, 9.17) is 10.2 Å². The molecule has 1 aromatic heterocycles. The third-order valence-corrected chi connectivity index (χ3v) is 5.53. The zero-order chi connectivity index (χ0) is 16.1. The molecule has 0 aliphatic heterocycles. The minimum absolute atomic E-state index is 0. The van der Waals surface area contributed by atoms with Crippen LogP contribution in [0.2, 0.25) is 0 Å². The van der Waals surface area contributed by atoms with Crippen LogP contribution >= 0.6 is 24.2 Å². The van der Waals surface area contributed by atoms with Crippen molar-refractivity contribution in [2.24, 2.45) is 5.73 Å². The molecule has 0 atom stereocenters. The Kier molecular flexibility index (Phi) is 7.21. The van der Waals surface area contributed by atoms with Gasteiger partial charge in [-0.1, -0.05) is 25.0 Å². The SMILES string of the molecule is Cl.NCc1cc(C(=O)Nc2cccc(CSC3CCCC3)c2)co1. The summed E-state index contributed by atoms with van der Waals surface area (Å²) >= 11 is 2.03. The van der Waals surface area contributed by atoms with Gasteiger partial charge in [0.25, 0.3) is 5.91 Å². The molecule has 0 bridgehead atoms. The number of nitrogens with two attached hydrogens (primary N) is 1. The van der Waals surface area contributed by atoms with Crippen LogP contribution in [0.1, 0.15) is 47.4 Å². The summed E-state index contributed by atoms with van der Waals surface area (Å²) in [6, 6.07) is 9.73. The van der Waals surface area contributed by atoms with E-state index >= 15 is 0 Å². The summed E-state index contributed by atoms with van der Waals surface area (Å²) in [5.41, 5.74) is 8.05. The van der Waals surface area contributed by atoms with Gasteiger partial charge in [-0.05, 0) is 36.6 Å². The van der Waals surface area contributed by atoms with Crippen molar-refractivity contribution in [1.82, 2.24) is 0 Å². The van der Waals surface area contributed by atoms with Crippen molar-refractivity contribution < 1.29 is 9.21 Å². The standard InChI is InChI=1S/C18H22N2O2S.ClH/c19-10-16-9-14(11-22-16)18(21)20-15-5-3-4-13(8-15)12-23-17-6-1-2-7-17;/h3-5,8-9,11,17H,1-2,6-7,10,12,19H2,(H,20,21);1H. The lowest BCUT2D eigenvalue weighted by Gasteiger charge is -2.10. The normalized spacial score (nSPS) is 14.4. The maximum Gasteiger partial charge on any atom is 0.258 e. The van der Waals surface area contributed by atoms with Gasteiger partial charge in [-0.2, -0.15) is 11.8 Å². The van der Waals surface area contributed by atoms with Crippen molar-refractivity contribution in [3.8, 4) is 0 Å². The summed E-state index contributed by atoms with van der Waals surface area (Å²) in [5.74, 6) is 1.43. The Labute approximate surface area is 153 Å². The molecule has 2 aromatic rings. The number of anilines is 1. The molecule has 1 saturated carbocycles. The van der Waals surface area contributed by atoms with Crippen molar-refractivity contribution >= 4 is 35.8 Å². The second kappa shape index (κ2) is 9.16. The summed E-state index contributed by atoms with van der Waals surface area (Å²) in [4.78, 5) is 12.2. The molecular formula is C18H23ClN2O2S. The summed E-state index contributed by atoms with van der Waals surface area (Å²) < 4.78 is 5.20. The lowest BCUT2D eigenvalue weighted by molar-refractivity contribution is 0.102. The molecule has 0 spiro atoms. The molecule has 0 saturated heterocycles. The topological polar surface area (TPSA) is 68.3 Å². The Morgan fingerprint density at radius 1 is 1.29 bits per heavy atom. The van der Waals surface area contributed by atoms with Crippen LogP contribution in [0, 0.1) is 0 Å². The number of hydrogen-bond acceptors (Lipinski definition) is 4. The van der Waals surface area contributed by atoms with Gasteiger partial charge in [0.05, 0.1) is 12.1 Å². The van der Waals surface area contributed by atoms with Gasteiger partial charge in [-0.3, -0.25) is 4.79 Å². The van der Waals surface area contributed by atoms with Crippen molar-refractivity contribution in [3.63, 3.8) is 0 Å². The number of furan rings is 1. The third-order valence-electron chi connectivity index (χ3n) is 4.09. The monoisotopic (exact) mass is 366 g/mol. The molecule has 0 radical (unpaired) electrons. The van der Waals surface area contributed by atoms with Gasteiger partial charge in [0.15, 0.2) is 0 Å². The van der Waals surface area contributed by atoms with E-state index in [1.54, 1.807) is 6.07 Å². The molecule has 1 aromatic carbocycles. The van der Waals surface area contributed by atoms with Crippen molar-refractivity contribution in [1.29, 1.82) is 0 Å². The van der Waals surface area contributed by atoms with Crippen LogP contribution in [0.25, 0.3) is 0 Å². The number of amides is 1. The lowest BCUT2D eigenvalue weighted by Crippen LogP contribution is -2.11. The first-order chi connectivity index (χ1) is 11.2. The molecule has 1 aliphatic carbocycles. The van der Waals surface area contributed by atoms with Gasteiger partial charge in [-0.15, -0.1) is 12.4 Å². The Bertz CT molecular complexity index is 669. The van der Waals surface area contributed by atoms with Crippen LogP contribution in [0.4, 0.5) is 5.69 Å². The van der Waals surface area contributed by atoms with E-state index in [0.29, 0.717) is 17.9 Å². The minimum Gasteiger partial charge on any atom is -0.467 e. The predicted molar refractivity (Wildman–Crippen MR) is 102 cm³/mol. The quantitative estimate of drug-likeness (QED) is 0.784. The van der Waals surface area contributed by atoms with Crippen LogP contribution in [0.5, 0.6) is 0 Å². The largest absolute Gasteiger partial charge is 0.467 e. The predicted octanol–water partition coefficient (Wildman–Crippen LogP) is 4.59. The highest BCUT2D eigenvalue weighted by Crippen LogP contribution is 2.31. The highest BCUT2D eigenvalue weighted by molar-refractivity contribution is 7.99. The number of halogens is 1.